The molecule has 1 aromatic carbocycles. The molecule has 1 aromatic rings. The third-order valence-corrected chi connectivity index (χ3v) is 5.30. The van der Waals surface area contributed by atoms with E-state index in [1.54, 1.807) is 19.2 Å². The molecule has 0 saturated heterocycles. The fourth-order valence-corrected chi connectivity index (χ4v) is 3.43. The Kier molecular flexibility index (Phi) is 5.12. The highest BCUT2D eigenvalue weighted by Gasteiger charge is 2.18. The molecule has 0 spiro atoms. The summed E-state index contributed by atoms with van der Waals surface area (Å²) in [7, 11) is -1.66. The van der Waals surface area contributed by atoms with E-state index in [4.69, 9.17) is 0 Å². The van der Waals surface area contributed by atoms with Gasteiger partial charge in [0, 0.05) is 17.1 Å². The minimum atomic E-state index is -3.46. The lowest BCUT2D eigenvalue weighted by atomic mass is 10.2. The quantitative estimate of drug-likeness (QED) is 0.867. The second kappa shape index (κ2) is 5.95. The number of sulfonamides is 1. The van der Waals surface area contributed by atoms with Gasteiger partial charge in [0.15, 0.2) is 0 Å². The molecule has 17 heavy (non-hydrogen) atoms. The van der Waals surface area contributed by atoms with Crippen molar-refractivity contribution < 1.29 is 8.42 Å². The molecule has 4 nitrogen and oxygen atoms in total. The molecule has 0 aliphatic carbocycles. The summed E-state index contributed by atoms with van der Waals surface area (Å²) in [6.45, 7) is 4.13. The van der Waals surface area contributed by atoms with Crippen LogP contribution in [0.2, 0.25) is 0 Å². The lowest BCUT2D eigenvalue weighted by Gasteiger charge is -2.13. The van der Waals surface area contributed by atoms with Crippen LogP contribution >= 0.6 is 15.9 Å². The maximum absolute atomic E-state index is 12.1. The van der Waals surface area contributed by atoms with Crippen molar-refractivity contribution in [3.8, 4) is 0 Å². The van der Waals surface area contributed by atoms with Crippen molar-refractivity contribution in [1.82, 2.24) is 10.0 Å². The first-order valence-electron chi connectivity index (χ1n) is 5.30. The number of aryl methyl sites for hydroxylation is 1. The van der Waals surface area contributed by atoms with Crippen LogP contribution in [0.3, 0.4) is 0 Å². The second-order valence-electron chi connectivity index (χ2n) is 3.93. The van der Waals surface area contributed by atoms with Gasteiger partial charge in [0.2, 0.25) is 10.0 Å². The van der Waals surface area contributed by atoms with Gasteiger partial charge in [-0.2, -0.15) is 0 Å². The maximum Gasteiger partial charge on any atom is 0.241 e. The first kappa shape index (κ1) is 14.6. The van der Waals surface area contributed by atoms with Crippen molar-refractivity contribution in [3.05, 3.63) is 28.2 Å². The molecule has 0 bridgehead atoms. The Morgan fingerprint density at radius 2 is 2.06 bits per heavy atom. The monoisotopic (exact) mass is 320 g/mol. The Labute approximate surface area is 111 Å². The summed E-state index contributed by atoms with van der Waals surface area (Å²) in [5, 5.41) is 2.98. The lowest BCUT2D eigenvalue weighted by molar-refractivity contribution is 0.554. The predicted octanol–water partition coefficient (Wildman–Crippen LogP) is 1.64. The summed E-state index contributed by atoms with van der Waals surface area (Å²) in [5.74, 6) is 0. The van der Waals surface area contributed by atoms with Crippen LogP contribution < -0.4 is 10.0 Å². The smallest absolute Gasteiger partial charge is 0.241 e. The third kappa shape index (κ3) is 3.77. The number of benzene rings is 1. The molecule has 0 aliphatic rings. The van der Waals surface area contributed by atoms with Gasteiger partial charge in [-0.1, -0.05) is 12.1 Å². The number of rotatable bonds is 5. The number of hydrogen-bond acceptors (Lipinski definition) is 3. The average molecular weight is 321 g/mol. The molecule has 1 rings (SSSR count). The highest BCUT2D eigenvalue weighted by Crippen LogP contribution is 2.24. The Morgan fingerprint density at radius 1 is 1.41 bits per heavy atom. The number of nitrogens with one attached hydrogen (secondary N) is 2. The van der Waals surface area contributed by atoms with Gasteiger partial charge in [0.25, 0.3) is 0 Å². The van der Waals surface area contributed by atoms with Crippen molar-refractivity contribution >= 4 is 26.0 Å². The fraction of sp³-hybridized carbons (Fsp3) is 0.455. The highest BCUT2D eigenvalue weighted by atomic mass is 79.9. The van der Waals surface area contributed by atoms with E-state index < -0.39 is 10.0 Å². The van der Waals surface area contributed by atoms with Gasteiger partial charge >= 0.3 is 0 Å². The average Bonchev–Trinajstić information content (AvgIpc) is 2.29. The van der Waals surface area contributed by atoms with Crippen LogP contribution in [0.5, 0.6) is 0 Å². The molecule has 0 amide bonds. The van der Waals surface area contributed by atoms with Crippen molar-refractivity contribution in [2.24, 2.45) is 0 Å². The summed E-state index contributed by atoms with van der Waals surface area (Å²) in [4.78, 5) is 0.279. The van der Waals surface area contributed by atoms with E-state index >= 15 is 0 Å². The maximum atomic E-state index is 12.1. The molecule has 0 aliphatic heterocycles. The molecular formula is C11H17BrN2O2S. The van der Waals surface area contributed by atoms with E-state index in [0.717, 1.165) is 5.56 Å². The molecule has 6 heteroatoms. The van der Waals surface area contributed by atoms with Gasteiger partial charge < -0.3 is 5.32 Å². The van der Waals surface area contributed by atoms with Crippen LogP contribution in [0.4, 0.5) is 0 Å². The van der Waals surface area contributed by atoms with Crippen LogP contribution in [0.15, 0.2) is 27.6 Å². The van der Waals surface area contributed by atoms with E-state index in [1.807, 2.05) is 19.9 Å². The Morgan fingerprint density at radius 3 is 2.65 bits per heavy atom. The van der Waals surface area contributed by atoms with E-state index in [-0.39, 0.29) is 10.9 Å². The summed E-state index contributed by atoms with van der Waals surface area (Å²) < 4.78 is 27.3. The zero-order valence-corrected chi connectivity index (χ0v) is 12.5. The molecule has 0 fully saturated rings. The Bertz CT molecular complexity index is 488. The minimum Gasteiger partial charge on any atom is -0.316 e. The van der Waals surface area contributed by atoms with Crippen LogP contribution in [-0.2, 0) is 10.0 Å². The molecule has 0 radical (unpaired) electrons. The van der Waals surface area contributed by atoms with Gasteiger partial charge in [0.05, 0.1) is 4.90 Å². The lowest BCUT2D eigenvalue weighted by Crippen LogP contribution is -2.37. The molecule has 2 N–H and O–H groups in total. The molecular weight excluding hydrogens is 304 g/mol. The van der Waals surface area contributed by atoms with Crippen molar-refractivity contribution in [2.75, 3.05) is 13.6 Å². The molecule has 1 unspecified atom stereocenters. The zero-order chi connectivity index (χ0) is 13.1. The number of halogens is 1. The molecule has 0 aromatic heterocycles. The van der Waals surface area contributed by atoms with E-state index in [2.05, 4.69) is 26.0 Å². The topological polar surface area (TPSA) is 58.2 Å². The minimum absolute atomic E-state index is 0.0911. The molecule has 0 saturated carbocycles. The summed E-state index contributed by atoms with van der Waals surface area (Å²) >= 11 is 3.31. The van der Waals surface area contributed by atoms with Gasteiger partial charge in [-0.05, 0) is 48.5 Å². The molecule has 96 valence electrons. The van der Waals surface area contributed by atoms with E-state index in [1.165, 1.54) is 0 Å². The van der Waals surface area contributed by atoms with Gasteiger partial charge in [-0.25, -0.2) is 13.1 Å². The van der Waals surface area contributed by atoms with Gasteiger partial charge in [-0.3, -0.25) is 0 Å². The zero-order valence-electron chi connectivity index (χ0n) is 10.1. The number of hydrogen-bond donors (Lipinski definition) is 2. The highest BCUT2D eigenvalue weighted by molar-refractivity contribution is 9.10. The fourth-order valence-electron chi connectivity index (χ4n) is 1.24. The van der Waals surface area contributed by atoms with Gasteiger partial charge in [0.1, 0.15) is 0 Å². The first-order chi connectivity index (χ1) is 7.88. The van der Waals surface area contributed by atoms with Crippen LogP contribution in [0, 0.1) is 6.92 Å². The van der Waals surface area contributed by atoms with Crippen molar-refractivity contribution in [2.45, 2.75) is 24.8 Å². The van der Waals surface area contributed by atoms with E-state index in [9.17, 15) is 8.42 Å². The normalized spacial score (nSPS) is 13.6. The van der Waals surface area contributed by atoms with Crippen LogP contribution in [0.25, 0.3) is 0 Å². The molecule has 0 heterocycles. The summed E-state index contributed by atoms with van der Waals surface area (Å²) in [5.41, 5.74) is 0.898. The standard InChI is InChI=1S/C11H17BrN2O2S/c1-8-5-4-6-10(11(8)12)17(15,16)14-7-9(2)13-3/h4-6,9,13-14H,7H2,1-3H3. The van der Waals surface area contributed by atoms with Gasteiger partial charge in [-0.15, -0.1) is 0 Å². The van der Waals surface area contributed by atoms with Crippen molar-refractivity contribution in [3.63, 3.8) is 0 Å². The third-order valence-electron chi connectivity index (χ3n) is 2.52. The van der Waals surface area contributed by atoms with Crippen LogP contribution in [0.1, 0.15) is 12.5 Å². The second-order valence-corrected chi connectivity index (χ2v) is 6.46. The van der Waals surface area contributed by atoms with Crippen LogP contribution in [-0.4, -0.2) is 28.1 Å². The Balaban J connectivity index is 2.94. The first-order valence-corrected chi connectivity index (χ1v) is 7.58. The largest absolute Gasteiger partial charge is 0.316 e. The summed E-state index contributed by atoms with van der Waals surface area (Å²) in [6.07, 6.45) is 0. The SMILES string of the molecule is CNC(C)CNS(=O)(=O)c1cccc(C)c1Br. The molecule has 1 atom stereocenters. The Hall–Kier alpha value is -0.430. The predicted molar refractivity (Wildman–Crippen MR) is 72.6 cm³/mol. The number of likely N-dealkylation sites (N-methyl/N-ethyl adjacent to an activating group) is 1. The van der Waals surface area contributed by atoms with Crippen molar-refractivity contribution in [1.29, 1.82) is 0 Å². The summed E-state index contributed by atoms with van der Waals surface area (Å²) in [6, 6.07) is 5.27. The van der Waals surface area contributed by atoms with E-state index in [0.29, 0.717) is 11.0 Å².